The number of hydrogen-bond acceptors (Lipinski definition) is 2. The molecule has 0 amide bonds. The van der Waals surface area contributed by atoms with Gasteiger partial charge in [0, 0.05) is 22.6 Å². The molecule has 0 saturated carbocycles. The SMILES string of the molecule is CC(C)C#Cc1ccc2c(c1)OCC(C=O)=C2. The molecule has 1 aliphatic heterocycles. The summed E-state index contributed by atoms with van der Waals surface area (Å²) in [6, 6.07) is 5.80. The van der Waals surface area contributed by atoms with Crippen molar-refractivity contribution in [3.63, 3.8) is 0 Å². The molecule has 0 unspecified atom stereocenters. The van der Waals surface area contributed by atoms with Crippen LogP contribution in [0.4, 0.5) is 0 Å². The first-order valence-electron chi connectivity index (χ1n) is 5.63. The van der Waals surface area contributed by atoms with E-state index < -0.39 is 0 Å². The highest BCUT2D eigenvalue weighted by atomic mass is 16.5. The maximum atomic E-state index is 10.6. The van der Waals surface area contributed by atoms with Crippen molar-refractivity contribution in [2.45, 2.75) is 13.8 Å². The summed E-state index contributed by atoms with van der Waals surface area (Å²) in [7, 11) is 0. The Balaban J connectivity index is 2.32. The first-order chi connectivity index (χ1) is 8.19. The van der Waals surface area contributed by atoms with Crippen molar-refractivity contribution in [2.75, 3.05) is 6.61 Å². The first-order valence-corrected chi connectivity index (χ1v) is 5.63. The van der Waals surface area contributed by atoms with Crippen molar-refractivity contribution in [3.8, 4) is 17.6 Å². The predicted molar refractivity (Wildman–Crippen MR) is 67.7 cm³/mol. The van der Waals surface area contributed by atoms with Crippen LogP contribution < -0.4 is 4.74 Å². The smallest absolute Gasteiger partial charge is 0.149 e. The molecule has 0 aliphatic carbocycles. The molecule has 0 N–H and O–H groups in total. The molecule has 2 heteroatoms. The van der Waals surface area contributed by atoms with Crippen molar-refractivity contribution in [1.29, 1.82) is 0 Å². The number of hydrogen-bond donors (Lipinski definition) is 0. The second-order valence-electron chi connectivity index (χ2n) is 4.30. The molecule has 0 bridgehead atoms. The van der Waals surface area contributed by atoms with Gasteiger partial charge in [0.2, 0.25) is 0 Å². The largest absolute Gasteiger partial charge is 0.488 e. The molecule has 1 aliphatic rings. The quantitative estimate of drug-likeness (QED) is 0.543. The van der Waals surface area contributed by atoms with E-state index in [2.05, 4.69) is 25.7 Å². The minimum absolute atomic E-state index is 0.345. The molecule has 0 fully saturated rings. The summed E-state index contributed by atoms with van der Waals surface area (Å²) in [5.74, 6) is 7.36. The third-order valence-corrected chi connectivity index (χ3v) is 2.41. The predicted octanol–water partition coefficient (Wildman–Crippen LogP) is 2.67. The van der Waals surface area contributed by atoms with E-state index in [-0.39, 0.29) is 0 Å². The van der Waals surface area contributed by atoms with E-state index in [0.29, 0.717) is 18.1 Å². The molecule has 0 atom stereocenters. The molecular weight excluding hydrogens is 212 g/mol. The lowest BCUT2D eigenvalue weighted by Crippen LogP contribution is -2.08. The Morgan fingerprint density at radius 1 is 1.41 bits per heavy atom. The molecule has 1 aromatic carbocycles. The number of rotatable bonds is 1. The lowest BCUT2D eigenvalue weighted by molar-refractivity contribution is -0.105. The van der Waals surface area contributed by atoms with Gasteiger partial charge in [-0.1, -0.05) is 31.8 Å². The summed E-state index contributed by atoms with van der Waals surface area (Å²) in [6.07, 6.45) is 2.68. The molecule has 0 spiro atoms. The van der Waals surface area contributed by atoms with E-state index in [9.17, 15) is 4.79 Å². The van der Waals surface area contributed by atoms with Crippen molar-refractivity contribution in [3.05, 3.63) is 34.9 Å². The van der Waals surface area contributed by atoms with Crippen LogP contribution in [0.1, 0.15) is 25.0 Å². The normalized spacial score (nSPS) is 13.0. The summed E-state index contributed by atoms with van der Waals surface area (Å²) in [4.78, 5) is 10.6. The number of carbonyl (C=O) groups is 1. The van der Waals surface area contributed by atoms with Gasteiger partial charge < -0.3 is 4.74 Å². The van der Waals surface area contributed by atoms with Crippen LogP contribution in [-0.2, 0) is 4.79 Å². The summed E-state index contributed by atoms with van der Waals surface area (Å²) in [5, 5.41) is 0. The van der Waals surface area contributed by atoms with Gasteiger partial charge in [0.25, 0.3) is 0 Å². The van der Waals surface area contributed by atoms with Crippen LogP contribution in [0.25, 0.3) is 6.08 Å². The zero-order valence-corrected chi connectivity index (χ0v) is 9.99. The number of ether oxygens (including phenoxy) is 1. The molecule has 17 heavy (non-hydrogen) atoms. The van der Waals surface area contributed by atoms with E-state index in [1.807, 2.05) is 24.3 Å². The van der Waals surface area contributed by atoms with Crippen molar-refractivity contribution < 1.29 is 9.53 Å². The maximum Gasteiger partial charge on any atom is 0.149 e. The van der Waals surface area contributed by atoms with Crippen LogP contribution in [0.15, 0.2) is 23.8 Å². The lowest BCUT2D eigenvalue weighted by Gasteiger charge is -2.15. The van der Waals surface area contributed by atoms with E-state index in [1.54, 1.807) is 0 Å². The summed E-state index contributed by atoms with van der Waals surface area (Å²) in [6.45, 7) is 4.46. The Kier molecular flexibility index (Phi) is 3.30. The van der Waals surface area contributed by atoms with Crippen LogP contribution in [0.3, 0.4) is 0 Å². The van der Waals surface area contributed by atoms with Gasteiger partial charge in [0.05, 0.1) is 0 Å². The summed E-state index contributed by atoms with van der Waals surface area (Å²) >= 11 is 0. The van der Waals surface area contributed by atoms with Crippen molar-refractivity contribution in [2.24, 2.45) is 5.92 Å². The average Bonchev–Trinajstić information content (AvgIpc) is 2.35. The topological polar surface area (TPSA) is 26.3 Å². The molecule has 1 heterocycles. The Morgan fingerprint density at radius 3 is 2.94 bits per heavy atom. The Morgan fingerprint density at radius 2 is 2.24 bits per heavy atom. The second kappa shape index (κ2) is 4.88. The van der Waals surface area contributed by atoms with Crippen LogP contribution in [0.2, 0.25) is 0 Å². The van der Waals surface area contributed by atoms with Crippen molar-refractivity contribution in [1.82, 2.24) is 0 Å². The Hall–Kier alpha value is -2.01. The minimum atomic E-state index is 0.345. The molecule has 0 aromatic heterocycles. The number of carbonyl (C=O) groups excluding carboxylic acids is 1. The molecule has 86 valence electrons. The maximum absolute atomic E-state index is 10.6. The van der Waals surface area contributed by atoms with E-state index >= 15 is 0 Å². The number of benzene rings is 1. The Labute approximate surface area is 101 Å². The van der Waals surface area contributed by atoms with E-state index in [1.165, 1.54) is 0 Å². The van der Waals surface area contributed by atoms with Gasteiger partial charge in [0.15, 0.2) is 0 Å². The number of aldehydes is 1. The van der Waals surface area contributed by atoms with Gasteiger partial charge in [0.1, 0.15) is 18.6 Å². The van der Waals surface area contributed by atoms with Crippen LogP contribution in [0.5, 0.6) is 5.75 Å². The fourth-order valence-corrected chi connectivity index (χ4v) is 1.55. The van der Waals surface area contributed by atoms with Crippen LogP contribution in [0, 0.1) is 17.8 Å². The molecule has 0 saturated heterocycles. The zero-order valence-electron chi connectivity index (χ0n) is 9.99. The van der Waals surface area contributed by atoms with Gasteiger partial charge >= 0.3 is 0 Å². The van der Waals surface area contributed by atoms with E-state index in [0.717, 1.165) is 23.2 Å². The second-order valence-corrected chi connectivity index (χ2v) is 4.30. The standard InChI is InChI=1S/C15H14O2/c1-11(2)3-4-12-5-6-14-7-13(9-16)10-17-15(14)8-12/h5-9,11H,10H2,1-2H3. The molecule has 0 radical (unpaired) electrons. The third-order valence-electron chi connectivity index (χ3n) is 2.41. The average molecular weight is 226 g/mol. The molecule has 1 aromatic rings. The summed E-state index contributed by atoms with van der Waals surface area (Å²) in [5.41, 5.74) is 2.55. The monoisotopic (exact) mass is 226 g/mol. The lowest BCUT2D eigenvalue weighted by atomic mass is 10.1. The first kappa shape index (κ1) is 11.5. The van der Waals surface area contributed by atoms with Gasteiger partial charge in [-0.15, -0.1) is 0 Å². The highest BCUT2D eigenvalue weighted by Gasteiger charge is 2.10. The fourth-order valence-electron chi connectivity index (χ4n) is 1.55. The highest BCUT2D eigenvalue weighted by molar-refractivity contribution is 5.84. The minimum Gasteiger partial charge on any atom is -0.488 e. The zero-order chi connectivity index (χ0) is 12.3. The van der Waals surface area contributed by atoms with Gasteiger partial charge in [-0.2, -0.15) is 0 Å². The fraction of sp³-hybridized carbons (Fsp3) is 0.267. The van der Waals surface area contributed by atoms with Crippen LogP contribution in [-0.4, -0.2) is 12.9 Å². The molecule has 2 rings (SSSR count). The third kappa shape index (κ3) is 2.76. The Bertz CT molecular complexity index is 528. The highest BCUT2D eigenvalue weighted by Crippen LogP contribution is 2.26. The summed E-state index contributed by atoms with van der Waals surface area (Å²) < 4.78 is 5.51. The van der Waals surface area contributed by atoms with E-state index in [4.69, 9.17) is 4.74 Å². The molecule has 2 nitrogen and oxygen atoms in total. The molecular formula is C15H14O2. The number of fused-ring (bicyclic) bond motifs is 1. The van der Waals surface area contributed by atoms with Gasteiger partial charge in [-0.3, -0.25) is 4.79 Å². The van der Waals surface area contributed by atoms with Crippen molar-refractivity contribution >= 4 is 12.4 Å². The van der Waals surface area contributed by atoms with Gasteiger partial charge in [-0.25, -0.2) is 0 Å². The van der Waals surface area contributed by atoms with Gasteiger partial charge in [-0.05, 0) is 18.2 Å². The van der Waals surface area contributed by atoms with Crippen LogP contribution >= 0.6 is 0 Å².